The zero-order valence-electron chi connectivity index (χ0n) is 9.70. The van der Waals surface area contributed by atoms with E-state index in [1.54, 1.807) is 6.07 Å². The largest absolute Gasteiger partial charge is 0.480 e. The van der Waals surface area contributed by atoms with Crippen LogP contribution in [-0.4, -0.2) is 41.7 Å². The normalized spacial score (nSPS) is 20.9. The van der Waals surface area contributed by atoms with E-state index in [2.05, 4.69) is 21.2 Å². The Morgan fingerprint density at radius 1 is 1.61 bits per heavy atom. The average Bonchev–Trinajstić information content (AvgIpc) is 2.34. The summed E-state index contributed by atoms with van der Waals surface area (Å²) in [5.74, 6) is -1.16. The molecule has 0 saturated carbocycles. The number of nitrogens with one attached hydrogen (secondary N) is 1. The highest BCUT2D eigenvalue weighted by molar-refractivity contribution is 9.10. The number of benzene rings is 1. The average molecular weight is 317 g/mol. The molecule has 0 radical (unpaired) electrons. The first-order valence-electron chi connectivity index (χ1n) is 5.69. The second-order valence-electron chi connectivity index (χ2n) is 4.26. The molecule has 0 spiro atoms. The van der Waals surface area contributed by atoms with Gasteiger partial charge in [-0.1, -0.05) is 15.9 Å². The summed E-state index contributed by atoms with van der Waals surface area (Å²) in [7, 11) is 0. The highest BCUT2D eigenvalue weighted by Gasteiger charge is 2.28. The molecule has 2 rings (SSSR count). The third-order valence-electron chi connectivity index (χ3n) is 3.02. The Balaban J connectivity index is 2.15. The summed E-state index contributed by atoms with van der Waals surface area (Å²) in [5.41, 5.74) is 0.767. The van der Waals surface area contributed by atoms with Crippen LogP contribution >= 0.6 is 15.9 Å². The minimum Gasteiger partial charge on any atom is -0.480 e. The van der Waals surface area contributed by atoms with Crippen molar-refractivity contribution in [2.75, 3.05) is 19.6 Å². The molecule has 6 heteroatoms. The van der Waals surface area contributed by atoms with Crippen molar-refractivity contribution in [2.45, 2.75) is 12.6 Å². The topological polar surface area (TPSA) is 52.6 Å². The minimum atomic E-state index is -0.852. The van der Waals surface area contributed by atoms with Crippen LogP contribution < -0.4 is 5.32 Å². The fourth-order valence-electron chi connectivity index (χ4n) is 2.06. The zero-order valence-corrected chi connectivity index (χ0v) is 11.3. The van der Waals surface area contributed by atoms with E-state index in [1.807, 2.05) is 4.90 Å². The molecule has 1 aliphatic heterocycles. The maximum absolute atomic E-state index is 13.2. The maximum Gasteiger partial charge on any atom is 0.322 e. The lowest BCUT2D eigenvalue weighted by atomic mass is 10.1. The Bertz CT molecular complexity index is 456. The van der Waals surface area contributed by atoms with Crippen LogP contribution in [0.5, 0.6) is 0 Å². The highest BCUT2D eigenvalue weighted by atomic mass is 79.9. The van der Waals surface area contributed by atoms with Gasteiger partial charge in [0.1, 0.15) is 11.9 Å². The standard InChI is InChI=1S/C12H14BrFN2O2/c13-10-2-1-9(14)5-8(10)7-16-4-3-15-6-11(16)12(17)18/h1-2,5,11,15H,3-4,6-7H2,(H,17,18). The third-order valence-corrected chi connectivity index (χ3v) is 3.79. The van der Waals surface area contributed by atoms with Crippen molar-refractivity contribution in [3.05, 3.63) is 34.1 Å². The van der Waals surface area contributed by atoms with E-state index in [9.17, 15) is 9.18 Å². The summed E-state index contributed by atoms with van der Waals surface area (Å²) in [6.45, 7) is 2.23. The van der Waals surface area contributed by atoms with Gasteiger partial charge in [-0.05, 0) is 23.8 Å². The van der Waals surface area contributed by atoms with E-state index in [4.69, 9.17) is 5.11 Å². The number of hydrogen-bond acceptors (Lipinski definition) is 3. The number of hydrogen-bond donors (Lipinski definition) is 2. The van der Waals surface area contributed by atoms with Crippen molar-refractivity contribution in [1.29, 1.82) is 0 Å². The van der Waals surface area contributed by atoms with E-state index in [-0.39, 0.29) is 5.82 Å². The van der Waals surface area contributed by atoms with Crippen LogP contribution in [0.3, 0.4) is 0 Å². The van der Waals surface area contributed by atoms with Crippen molar-refractivity contribution in [2.24, 2.45) is 0 Å². The molecular weight excluding hydrogens is 303 g/mol. The van der Waals surface area contributed by atoms with Gasteiger partial charge in [-0.25, -0.2) is 4.39 Å². The van der Waals surface area contributed by atoms with Gasteiger partial charge in [-0.15, -0.1) is 0 Å². The van der Waals surface area contributed by atoms with Crippen molar-refractivity contribution in [3.63, 3.8) is 0 Å². The molecule has 1 aromatic carbocycles. The lowest BCUT2D eigenvalue weighted by Gasteiger charge is -2.33. The van der Waals surface area contributed by atoms with Crippen molar-refractivity contribution in [1.82, 2.24) is 10.2 Å². The molecule has 0 aromatic heterocycles. The Morgan fingerprint density at radius 3 is 3.11 bits per heavy atom. The van der Waals surface area contributed by atoms with Gasteiger partial charge in [0.25, 0.3) is 0 Å². The molecule has 1 saturated heterocycles. The lowest BCUT2D eigenvalue weighted by molar-refractivity contribution is -0.144. The third kappa shape index (κ3) is 3.07. The molecule has 1 atom stereocenters. The molecule has 0 amide bonds. The number of piperazine rings is 1. The molecule has 0 aliphatic carbocycles. The van der Waals surface area contributed by atoms with Gasteiger partial charge in [0.2, 0.25) is 0 Å². The van der Waals surface area contributed by atoms with E-state index in [1.165, 1.54) is 12.1 Å². The van der Waals surface area contributed by atoms with Gasteiger partial charge < -0.3 is 10.4 Å². The number of halogens is 2. The highest BCUT2D eigenvalue weighted by Crippen LogP contribution is 2.21. The molecule has 1 aromatic rings. The molecule has 1 fully saturated rings. The van der Waals surface area contributed by atoms with Crippen LogP contribution in [-0.2, 0) is 11.3 Å². The Hall–Kier alpha value is -0.980. The number of nitrogens with zero attached hydrogens (tertiary/aromatic N) is 1. The molecule has 1 unspecified atom stereocenters. The van der Waals surface area contributed by atoms with Gasteiger partial charge >= 0.3 is 5.97 Å². The predicted octanol–water partition coefficient (Wildman–Crippen LogP) is 1.45. The van der Waals surface area contributed by atoms with Crippen molar-refractivity contribution >= 4 is 21.9 Å². The van der Waals surface area contributed by atoms with Crippen molar-refractivity contribution in [3.8, 4) is 0 Å². The van der Waals surface area contributed by atoms with Gasteiger partial charge in [-0.2, -0.15) is 0 Å². The first-order valence-corrected chi connectivity index (χ1v) is 6.48. The Labute approximate surface area is 113 Å². The Kier molecular flexibility index (Phi) is 4.31. The zero-order chi connectivity index (χ0) is 13.1. The first-order chi connectivity index (χ1) is 8.58. The van der Waals surface area contributed by atoms with Gasteiger partial charge in [-0.3, -0.25) is 9.69 Å². The second-order valence-corrected chi connectivity index (χ2v) is 5.12. The monoisotopic (exact) mass is 316 g/mol. The van der Waals surface area contributed by atoms with Crippen LogP contribution in [0.4, 0.5) is 4.39 Å². The fourth-order valence-corrected chi connectivity index (χ4v) is 2.43. The summed E-state index contributed by atoms with van der Waals surface area (Å²) >= 11 is 3.36. The summed E-state index contributed by atoms with van der Waals surface area (Å²) in [6, 6.07) is 3.89. The molecule has 0 bridgehead atoms. The SMILES string of the molecule is O=C(O)C1CNCCN1Cc1cc(F)ccc1Br. The number of carboxylic acid groups (broad SMARTS) is 1. The first kappa shape index (κ1) is 13.5. The summed E-state index contributed by atoms with van der Waals surface area (Å²) in [6.07, 6.45) is 0. The molecule has 2 N–H and O–H groups in total. The molecule has 4 nitrogen and oxygen atoms in total. The smallest absolute Gasteiger partial charge is 0.322 e. The van der Waals surface area contributed by atoms with Crippen LogP contribution in [0, 0.1) is 5.82 Å². The number of carbonyl (C=O) groups is 1. The van der Waals surface area contributed by atoms with E-state index in [0.717, 1.165) is 16.6 Å². The molecule has 18 heavy (non-hydrogen) atoms. The van der Waals surface area contributed by atoms with Crippen LogP contribution in [0.1, 0.15) is 5.56 Å². The summed E-state index contributed by atoms with van der Waals surface area (Å²) in [5, 5.41) is 12.2. The van der Waals surface area contributed by atoms with E-state index >= 15 is 0 Å². The number of carboxylic acids is 1. The quantitative estimate of drug-likeness (QED) is 0.886. The van der Waals surface area contributed by atoms with Crippen LogP contribution in [0.2, 0.25) is 0 Å². The maximum atomic E-state index is 13.2. The second kappa shape index (κ2) is 5.77. The fraction of sp³-hybridized carbons (Fsp3) is 0.417. The number of rotatable bonds is 3. The molecular formula is C12H14BrFN2O2. The Morgan fingerprint density at radius 2 is 2.39 bits per heavy atom. The predicted molar refractivity (Wildman–Crippen MR) is 68.8 cm³/mol. The molecule has 98 valence electrons. The van der Waals surface area contributed by atoms with Crippen LogP contribution in [0.15, 0.2) is 22.7 Å². The van der Waals surface area contributed by atoms with Crippen LogP contribution in [0.25, 0.3) is 0 Å². The van der Waals surface area contributed by atoms with Gasteiger partial charge in [0, 0.05) is 30.7 Å². The molecule has 1 aliphatic rings. The van der Waals surface area contributed by atoms with E-state index < -0.39 is 12.0 Å². The summed E-state index contributed by atoms with van der Waals surface area (Å²) in [4.78, 5) is 13.0. The minimum absolute atomic E-state index is 0.310. The number of aliphatic carboxylic acids is 1. The lowest BCUT2D eigenvalue weighted by Crippen LogP contribution is -2.54. The van der Waals surface area contributed by atoms with Crippen molar-refractivity contribution < 1.29 is 14.3 Å². The van der Waals surface area contributed by atoms with Gasteiger partial charge in [0.15, 0.2) is 0 Å². The van der Waals surface area contributed by atoms with E-state index in [0.29, 0.717) is 19.6 Å². The molecule has 1 heterocycles. The summed E-state index contributed by atoms with van der Waals surface area (Å²) < 4.78 is 14.0. The van der Waals surface area contributed by atoms with Gasteiger partial charge in [0.05, 0.1) is 0 Å².